The van der Waals surface area contributed by atoms with Crippen LogP contribution in [0.25, 0.3) is 0 Å². The third-order valence-corrected chi connectivity index (χ3v) is 3.96. The minimum absolute atomic E-state index is 0.109. The van der Waals surface area contributed by atoms with Crippen LogP contribution in [0.5, 0.6) is 5.75 Å². The second kappa shape index (κ2) is 6.49. The molecule has 2 nitrogen and oxygen atoms in total. The maximum atomic E-state index is 12.3. The van der Waals surface area contributed by atoms with E-state index in [1.54, 1.807) is 36.4 Å². The summed E-state index contributed by atoms with van der Waals surface area (Å²) in [7, 11) is 1.49. The van der Waals surface area contributed by atoms with Crippen LogP contribution in [0.1, 0.15) is 15.9 Å². The molecule has 0 N–H and O–H groups in total. The first kappa shape index (κ1) is 15.2. The molecule has 0 unspecified atom stereocenters. The highest BCUT2D eigenvalue weighted by Gasteiger charge is 2.16. The quantitative estimate of drug-likeness (QED) is 0.731. The maximum Gasteiger partial charge on any atom is 0.168 e. The average molecular weight is 330 g/mol. The summed E-state index contributed by atoms with van der Waals surface area (Å²) in [5.74, 6) is 0.335. The van der Waals surface area contributed by atoms with E-state index < -0.39 is 0 Å². The Bertz CT molecular complexity index is 636. The number of benzene rings is 2. The largest absolute Gasteiger partial charge is 0.495 e. The molecule has 0 saturated heterocycles. The van der Waals surface area contributed by atoms with Crippen LogP contribution in [0.15, 0.2) is 36.4 Å². The minimum atomic E-state index is -0.109. The predicted octanol–water partition coefficient (Wildman–Crippen LogP) is 5.08. The molecule has 20 heavy (non-hydrogen) atoms. The second-order valence-corrected chi connectivity index (χ2v) is 5.36. The fourth-order valence-corrected chi connectivity index (χ4v) is 2.42. The van der Waals surface area contributed by atoms with Crippen LogP contribution in [0.4, 0.5) is 0 Å². The van der Waals surface area contributed by atoms with Crippen molar-refractivity contribution in [1.82, 2.24) is 0 Å². The van der Waals surface area contributed by atoms with Gasteiger partial charge in [0.25, 0.3) is 0 Å². The van der Waals surface area contributed by atoms with Gasteiger partial charge in [-0.25, -0.2) is 0 Å². The molecule has 0 bridgehead atoms. The molecule has 0 amide bonds. The number of hydrogen-bond acceptors (Lipinski definition) is 2. The van der Waals surface area contributed by atoms with E-state index in [0.29, 0.717) is 16.3 Å². The molecular weight excluding hydrogens is 319 g/mol. The van der Waals surface area contributed by atoms with Gasteiger partial charge in [-0.3, -0.25) is 4.79 Å². The van der Waals surface area contributed by atoms with Gasteiger partial charge in [-0.15, -0.1) is 0 Å². The molecule has 0 atom stereocenters. The molecule has 0 aromatic heterocycles. The number of carbonyl (C=O) groups excluding carboxylic acids is 1. The van der Waals surface area contributed by atoms with Crippen molar-refractivity contribution in [2.24, 2.45) is 0 Å². The highest BCUT2D eigenvalue weighted by atomic mass is 35.5. The molecule has 0 heterocycles. The van der Waals surface area contributed by atoms with Crippen molar-refractivity contribution in [3.63, 3.8) is 0 Å². The Morgan fingerprint density at radius 2 is 1.65 bits per heavy atom. The molecule has 0 aliphatic heterocycles. The van der Waals surface area contributed by atoms with Gasteiger partial charge in [0.2, 0.25) is 0 Å². The van der Waals surface area contributed by atoms with E-state index in [9.17, 15) is 4.79 Å². The van der Waals surface area contributed by atoms with Gasteiger partial charge in [-0.2, -0.15) is 0 Å². The molecule has 0 aliphatic rings. The van der Waals surface area contributed by atoms with Crippen LogP contribution >= 0.6 is 34.8 Å². The summed E-state index contributed by atoms with van der Waals surface area (Å²) < 4.78 is 5.05. The number of halogens is 3. The topological polar surface area (TPSA) is 26.3 Å². The van der Waals surface area contributed by atoms with E-state index in [0.717, 1.165) is 5.56 Å². The fraction of sp³-hybridized carbons (Fsp3) is 0.133. The Balaban J connectivity index is 2.25. The Labute approximate surface area is 132 Å². The Kier molecular flexibility index (Phi) is 4.92. The number of ether oxygens (including phenoxy) is 1. The van der Waals surface area contributed by atoms with Crippen LogP contribution in [0, 0.1) is 0 Å². The molecule has 2 rings (SSSR count). The van der Waals surface area contributed by atoms with Gasteiger partial charge in [0.05, 0.1) is 12.1 Å². The summed E-state index contributed by atoms with van der Waals surface area (Å²) in [4.78, 5) is 12.3. The van der Waals surface area contributed by atoms with E-state index in [1.807, 2.05) is 0 Å². The van der Waals surface area contributed by atoms with Crippen molar-refractivity contribution >= 4 is 40.6 Å². The normalized spacial score (nSPS) is 10.4. The Morgan fingerprint density at radius 1 is 1.00 bits per heavy atom. The standard InChI is InChI=1S/C15H11Cl3O2/c1-20-13-7-6-11(14(17)15(13)18)12(19)8-9-2-4-10(16)5-3-9/h2-7H,8H2,1H3. The Morgan fingerprint density at radius 3 is 2.25 bits per heavy atom. The predicted molar refractivity (Wildman–Crippen MR) is 82.5 cm³/mol. The van der Waals surface area contributed by atoms with Gasteiger partial charge >= 0.3 is 0 Å². The molecule has 5 heteroatoms. The number of hydrogen-bond donors (Lipinski definition) is 0. The van der Waals surface area contributed by atoms with Crippen LogP contribution in [0.2, 0.25) is 15.1 Å². The molecular formula is C15H11Cl3O2. The number of methoxy groups -OCH3 is 1. The third kappa shape index (κ3) is 3.26. The van der Waals surface area contributed by atoms with Crippen molar-refractivity contribution in [1.29, 1.82) is 0 Å². The molecule has 2 aromatic carbocycles. The zero-order chi connectivity index (χ0) is 14.7. The summed E-state index contributed by atoms with van der Waals surface area (Å²) >= 11 is 18.0. The SMILES string of the molecule is COc1ccc(C(=O)Cc2ccc(Cl)cc2)c(Cl)c1Cl. The lowest BCUT2D eigenvalue weighted by atomic mass is 10.0. The van der Waals surface area contributed by atoms with E-state index in [4.69, 9.17) is 39.5 Å². The molecule has 0 saturated carbocycles. The average Bonchev–Trinajstić information content (AvgIpc) is 2.44. The summed E-state index contributed by atoms with van der Waals surface area (Å²) in [5.41, 5.74) is 1.25. The van der Waals surface area contributed by atoms with Gasteiger partial charge in [0, 0.05) is 17.0 Å². The van der Waals surface area contributed by atoms with Crippen LogP contribution < -0.4 is 4.74 Å². The van der Waals surface area contributed by atoms with Gasteiger partial charge in [0.1, 0.15) is 10.8 Å². The third-order valence-electron chi connectivity index (χ3n) is 2.85. The van der Waals surface area contributed by atoms with Crippen molar-refractivity contribution in [2.45, 2.75) is 6.42 Å². The smallest absolute Gasteiger partial charge is 0.168 e. The monoisotopic (exact) mass is 328 g/mol. The maximum absolute atomic E-state index is 12.3. The number of Topliss-reactive ketones (excluding diaryl/α,β-unsaturated/α-hetero) is 1. The summed E-state index contributed by atoms with van der Waals surface area (Å²) in [5, 5.41) is 1.09. The van der Waals surface area contributed by atoms with Crippen molar-refractivity contribution < 1.29 is 9.53 Å². The van der Waals surface area contributed by atoms with Crippen molar-refractivity contribution in [2.75, 3.05) is 7.11 Å². The molecule has 0 radical (unpaired) electrons. The van der Waals surface area contributed by atoms with E-state index in [-0.39, 0.29) is 22.2 Å². The van der Waals surface area contributed by atoms with Crippen molar-refractivity contribution in [3.05, 3.63) is 62.6 Å². The van der Waals surface area contributed by atoms with Gasteiger partial charge in [0.15, 0.2) is 5.78 Å². The number of rotatable bonds is 4. The van der Waals surface area contributed by atoms with E-state index in [2.05, 4.69) is 0 Å². The fourth-order valence-electron chi connectivity index (χ4n) is 1.79. The minimum Gasteiger partial charge on any atom is -0.495 e. The van der Waals surface area contributed by atoms with Crippen molar-refractivity contribution in [3.8, 4) is 5.75 Å². The molecule has 2 aromatic rings. The molecule has 0 aliphatic carbocycles. The van der Waals surface area contributed by atoms with Gasteiger partial charge in [-0.05, 0) is 29.8 Å². The lowest BCUT2D eigenvalue weighted by Crippen LogP contribution is -2.05. The number of ketones is 1. The van der Waals surface area contributed by atoms with Gasteiger partial charge < -0.3 is 4.74 Å². The summed E-state index contributed by atoms with van der Waals surface area (Å²) in [6.07, 6.45) is 0.236. The lowest BCUT2D eigenvalue weighted by molar-refractivity contribution is 0.0993. The zero-order valence-corrected chi connectivity index (χ0v) is 12.9. The first-order valence-corrected chi connectivity index (χ1v) is 6.96. The number of carbonyl (C=O) groups is 1. The lowest BCUT2D eigenvalue weighted by Gasteiger charge is -2.09. The second-order valence-electron chi connectivity index (χ2n) is 4.17. The van der Waals surface area contributed by atoms with Crippen LogP contribution in [0.3, 0.4) is 0 Å². The van der Waals surface area contributed by atoms with Gasteiger partial charge in [-0.1, -0.05) is 46.9 Å². The summed E-state index contributed by atoms with van der Waals surface area (Å²) in [6.45, 7) is 0. The first-order chi connectivity index (χ1) is 9.52. The highest BCUT2D eigenvalue weighted by Crippen LogP contribution is 2.35. The first-order valence-electron chi connectivity index (χ1n) is 5.82. The van der Waals surface area contributed by atoms with Crippen LogP contribution in [-0.4, -0.2) is 12.9 Å². The molecule has 0 fully saturated rings. The van der Waals surface area contributed by atoms with E-state index >= 15 is 0 Å². The summed E-state index contributed by atoms with van der Waals surface area (Å²) in [6, 6.07) is 10.3. The molecule has 104 valence electrons. The zero-order valence-electron chi connectivity index (χ0n) is 10.6. The van der Waals surface area contributed by atoms with Crippen LogP contribution in [-0.2, 0) is 6.42 Å². The highest BCUT2D eigenvalue weighted by molar-refractivity contribution is 6.44. The molecule has 0 spiro atoms. The van der Waals surface area contributed by atoms with E-state index in [1.165, 1.54) is 7.11 Å². The Hall–Kier alpha value is -1.22.